The van der Waals surface area contributed by atoms with Crippen molar-refractivity contribution in [3.8, 4) is 0 Å². The molecule has 1 saturated heterocycles. The van der Waals surface area contributed by atoms with E-state index in [1.165, 1.54) is 0 Å². The Labute approximate surface area is 187 Å². The van der Waals surface area contributed by atoms with Gasteiger partial charge in [-0.2, -0.15) is 9.61 Å². The molecule has 166 valence electrons. The zero-order valence-electron chi connectivity index (χ0n) is 18.2. The first-order chi connectivity index (χ1) is 15.6. The number of aromatic nitrogens is 3. The predicted molar refractivity (Wildman–Crippen MR) is 123 cm³/mol. The topological polar surface area (TPSA) is 74.0 Å². The van der Waals surface area contributed by atoms with E-state index < -0.39 is 6.67 Å². The predicted octanol–water partition coefficient (Wildman–Crippen LogP) is 1.96. The van der Waals surface area contributed by atoms with Crippen molar-refractivity contribution in [3.05, 3.63) is 53.2 Å². The van der Waals surface area contributed by atoms with Crippen LogP contribution < -0.4 is 10.5 Å². The summed E-state index contributed by atoms with van der Waals surface area (Å²) >= 11 is 0. The Morgan fingerprint density at radius 1 is 1.22 bits per heavy atom. The van der Waals surface area contributed by atoms with E-state index in [1.54, 1.807) is 10.6 Å². The molecule has 2 aromatic heterocycles. The van der Waals surface area contributed by atoms with Crippen LogP contribution in [0, 0.1) is 0 Å². The Balaban J connectivity index is 1.55. The van der Waals surface area contributed by atoms with Gasteiger partial charge in [0.1, 0.15) is 11.5 Å². The second-order valence-electron chi connectivity index (χ2n) is 8.69. The first-order valence-electron chi connectivity index (χ1n) is 11.3. The molecule has 4 heterocycles. The van der Waals surface area contributed by atoms with Crippen molar-refractivity contribution < 1.29 is 14.2 Å². The Morgan fingerprint density at radius 2 is 1.97 bits per heavy atom. The summed E-state index contributed by atoms with van der Waals surface area (Å²) in [6.07, 6.45) is 2.57. The van der Waals surface area contributed by atoms with Crippen molar-refractivity contribution in [3.63, 3.8) is 0 Å². The van der Waals surface area contributed by atoms with Crippen LogP contribution in [-0.2, 0) is 0 Å². The summed E-state index contributed by atoms with van der Waals surface area (Å²) in [6, 6.07) is 11.4. The third-order valence-electron chi connectivity index (χ3n) is 6.76. The van der Waals surface area contributed by atoms with Crippen molar-refractivity contribution in [2.24, 2.45) is 0 Å². The van der Waals surface area contributed by atoms with E-state index in [0.717, 1.165) is 42.9 Å². The Morgan fingerprint density at radius 3 is 2.69 bits per heavy atom. The zero-order valence-corrected chi connectivity index (χ0v) is 18.2. The maximum Gasteiger partial charge on any atom is 0.327 e. The van der Waals surface area contributed by atoms with E-state index in [4.69, 9.17) is 0 Å². The Bertz CT molecular complexity index is 1150. The molecule has 1 unspecified atom stereocenters. The first kappa shape index (κ1) is 20.9. The van der Waals surface area contributed by atoms with Crippen molar-refractivity contribution in [2.75, 3.05) is 31.2 Å². The van der Waals surface area contributed by atoms with Crippen LogP contribution in [-0.4, -0.2) is 64.2 Å². The SMILES string of the molecule is C[C@@H]1c2ccccc2C(CCF)CN1C(=O)c1cc(N2CCCC2)n2nc(BO)cc2n1. The molecule has 5 rings (SSSR count). The van der Waals surface area contributed by atoms with E-state index in [9.17, 15) is 14.2 Å². The van der Waals surface area contributed by atoms with Crippen LogP contribution >= 0.6 is 0 Å². The second kappa shape index (κ2) is 8.54. The van der Waals surface area contributed by atoms with Gasteiger partial charge in [-0.3, -0.25) is 9.18 Å². The van der Waals surface area contributed by atoms with Crippen LogP contribution in [0.5, 0.6) is 0 Å². The van der Waals surface area contributed by atoms with Gasteiger partial charge in [0, 0.05) is 31.6 Å². The van der Waals surface area contributed by atoms with Gasteiger partial charge in [-0.25, -0.2) is 4.98 Å². The van der Waals surface area contributed by atoms with Crippen LogP contribution in [0.4, 0.5) is 10.2 Å². The van der Waals surface area contributed by atoms with E-state index in [-0.39, 0.29) is 25.3 Å². The Kier molecular flexibility index (Phi) is 5.59. The van der Waals surface area contributed by atoms with Gasteiger partial charge < -0.3 is 14.8 Å². The molecule has 1 amide bonds. The fourth-order valence-corrected chi connectivity index (χ4v) is 5.07. The van der Waals surface area contributed by atoms with Gasteiger partial charge in [-0.05, 0) is 43.4 Å². The summed E-state index contributed by atoms with van der Waals surface area (Å²) in [5.41, 5.74) is 3.62. The lowest BCUT2D eigenvalue weighted by molar-refractivity contribution is 0.0644. The molecule has 1 aromatic carbocycles. The standard InChI is InChI=1S/C23H27BFN5O2/c1-15-17-6-2-3-7-18(17)16(8-9-25)14-29(15)23(31)19-12-22(28-10-4-5-11-28)30-21(26-19)13-20(24-32)27-30/h2-3,6-7,12-13,15-16,24,32H,4-5,8-11,14H2,1H3/t15-,16?/m1/s1. The molecular weight excluding hydrogens is 408 g/mol. The van der Waals surface area contributed by atoms with E-state index >= 15 is 0 Å². The number of carbonyl (C=O) groups is 1. The molecule has 0 saturated carbocycles. The van der Waals surface area contributed by atoms with Crippen LogP contribution in [0.1, 0.15) is 59.8 Å². The van der Waals surface area contributed by atoms with Crippen LogP contribution in [0.3, 0.4) is 0 Å². The summed E-state index contributed by atoms with van der Waals surface area (Å²) in [5.74, 6) is 0.626. The highest BCUT2D eigenvalue weighted by Gasteiger charge is 2.34. The molecule has 1 fully saturated rings. The van der Waals surface area contributed by atoms with Gasteiger partial charge in [0.2, 0.25) is 0 Å². The average molecular weight is 435 g/mol. The molecule has 2 aliphatic heterocycles. The lowest BCUT2D eigenvalue weighted by Crippen LogP contribution is -2.41. The normalized spacial score (nSPS) is 20.6. The molecule has 1 N–H and O–H groups in total. The maximum absolute atomic E-state index is 13.7. The number of fused-ring (bicyclic) bond motifs is 2. The van der Waals surface area contributed by atoms with Crippen LogP contribution in [0.15, 0.2) is 36.4 Å². The molecule has 0 bridgehead atoms. The third kappa shape index (κ3) is 3.54. The van der Waals surface area contributed by atoms with Crippen LogP contribution in [0.25, 0.3) is 5.65 Å². The van der Waals surface area contributed by atoms with Crippen molar-refractivity contribution in [1.29, 1.82) is 0 Å². The highest BCUT2D eigenvalue weighted by atomic mass is 19.1. The van der Waals surface area contributed by atoms with E-state index in [0.29, 0.717) is 29.9 Å². The summed E-state index contributed by atoms with van der Waals surface area (Å²) in [5, 5.41) is 14.0. The number of hydrogen-bond acceptors (Lipinski definition) is 5. The number of benzene rings is 1. The molecular formula is C23H27BFN5O2. The number of rotatable bonds is 5. The van der Waals surface area contributed by atoms with E-state index in [1.807, 2.05) is 42.2 Å². The molecule has 0 radical (unpaired) electrons. The largest absolute Gasteiger partial charge is 0.448 e. The maximum atomic E-state index is 13.7. The molecule has 0 spiro atoms. The number of carbonyl (C=O) groups excluding carboxylic acids is 1. The lowest BCUT2D eigenvalue weighted by Gasteiger charge is -2.39. The van der Waals surface area contributed by atoms with Crippen LogP contribution in [0.2, 0.25) is 0 Å². The number of amides is 1. The van der Waals surface area contributed by atoms with Crippen molar-refractivity contribution in [2.45, 2.75) is 38.1 Å². The molecule has 3 aromatic rings. The fourth-order valence-electron chi connectivity index (χ4n) is 5.07. The summed E-state index contributed by atoms with van der Waals surface area (Å²) in [4.78, 5) is 22.4. The Hall–Kier alpha value is -2.94. The summed E-state index contributed by atoms with van der Waals surface area (Å²) < 4.78 is 15.0. The summed E-state index contributed by atoms with van der Waals surface area (Å²) in [7, 11) is -0.184. The minimum absolute atomic E-state index is 0.0332. The van der Waals surface area contributed by atoms with Gasteiger partial charge in [0.25, 0.3) is 5.91 Å². The van der Waals surface area contributed by atoms with Gasteiger partial charge >= 0.3 is 7.48 Å². The highest BCUT2D eigenvalue weighted by Crippen LogP contribution is 2.38. The molecule has 2 aliphatic rings. The lowest BCUT2D eigenvalue weighted by atomic mass is 9.84. The van der Waals surface area contributed by atoms with Gasteiger partial charge in [0.15, 0.2) is 5.65 Å². The highest BCUT2D eigenvalue weighted by molar-refractivity contribution is 6.44. The van der Waals surface area contributed by atoms with Crippen molar-refractivity contribution >= 4 is 30.4 Å². The van der Waals surface area contributed by atoms with E-state index in [2.05, 4.69) is 15.0 Å². The molecule has 32 heavy (non-hydrogen) atoms. The second-order valence-corrected chi connectivity index (χ2v) is 8.69. The number of hydrogen-bond donors (Lipinski definition) is 1. The number of halogens is 1. The smallest absolute Gasteiger partial charge is 0.327 e. The fraction of sp³-hybridized carbons (Fsp3) is 0.435. The molecule has 9 heteroatoms. The minimum Gasteiger partial charge on any atom is -0.448 e. The molecule has 0 aliphatic carbocycles. The van der Waals surface area contributed by atoms with Crippen molar-refractivity contribution in [1.82, 2.24) is 19.5 Å². The van der Waals surface area contributed by atoms with Gasteiger partial charge in [-0.15, -0.1) is 0 Å². The minimum atomic E-state index is -0.418. The number of nitrogens with zero attached hydrogens (tertiary/aromatic N) is 5. The third-order valence-corrected chi connectivity index (χ3v) is 6.76. The quantitative estimate of drug-likeness (QED) is 0.621. The molecule has 7 nitrogen and oxygen atoms in total. The number of alkyl halides is 1. The monoisotopic (exact) mass is 435 g/mol. The average Bonchev–Trinajstić information content (AvgIpc) is 3.50. The summed E-state index contributed by atoms with van der Waals surface area (Å²) in [6.45, 7) is 3.86. The van der Waals surface area contributed by atoms with Gasteiger partial charge in [0.05, 0.1) is 18.3 Å². The zero-order chi connectivity index (χ0) is 22.2. The molecule has 2 atom stereocenters. The number of anilines is 1. The first-order valence-corrected chi connectivity index (χ1v) is 11.3. The van der Waals surface area contributed by atoms with Gasteiger partial charge in [-0.1, -0.05) is 24.3 Å².